The van der Waals surface area contributed by atoms with Crippen LogP contribution in [0.3, 0.4) is 0 Å². The van der Waals surface area contributed by atoms with Crippen LogP contribution in [0.15, 0.2) is 48.5 Å². The average Bonchev–Trinajstić information content (AvgIpc) is 2.74. The molecule has 2 aromatic carbocycles. The van der Waals surface area contributed by atoms with Crippen LogP contribution < -0.4 is 9.47 Å². The molecule has 1 saturated heterocycles. The average molecular weight is 418 g/mol. The van der Waals surface area contributed by atoms with Crippen LogP contribution in [-0.2, 0) is 17.9 Å². The van der Waals surface area contributed by atoms with Crippen molar-refractivity contribution in [1.29, 1.82) is 0 Å². The molecule has 0 aromatic heterocycles. The first-order valence-corrected chi connectivity index (χ1v) is 10.1. The van der Waals surface area contributed by atoms with Gasteiger partial charge in [-0.25, -0.2) is 0 Å². The number of methoxy groups -OCH3 is 1. The number of piperidine rings is 1. The van der Waals surface area contributed by atoms with Gasteiger partial charge in [-0.15, -0.1) is 0 Å². The Morgan fingerprint density at radius 2 is 1.93 bits per heavy atom. The molecule has 1 amide bonds. The minimum Gasteiger partial charge on any atom is -0.493 e. The van der Waals surface area contributed by atoms with E-state index in [-0.39, 0.29) is 23.3 Å². The minimum atomic E-state index is -2.92. The molecular formula is C23H28F2N2O3. The summed E-state index contributed by atoms with van der Waals surface area (Å²) in [6.45, 7) is 0.0312. The van der Waals surface area contributed by atoms with Crippen LogP contribution in [0.25, 0.3) is 0 Å². The molecule has 2 aromatic rings. The van der Waals surface area contributed by atoms with Crippen molar-refractivity contribution in [1.82, 2.24) is 9.80 Å². The third kappa shape index (κ3) is 5.92. The number of carbonyl (C=O) groups is 1. The number of rotatable bonds is 8. The van der Waals surface area contributed by atoms with Gasteiger partial charge in [-0.1, -0.05) is 36.4 Å². The lowest BCUT2D eigenvalue weighted by Crippen LogP contribution is -2.43. The summed E-state index contributed by atoms with van der Waals surface area (Å²) >= 11 is 0. The van der Waals surface area contributed by atoms with Gasteiger partial charge in [-0.3, -0.25) is 9.69 Å². The van der Waals surface area contributed by atoms with E-state index in [9.17, 15) is 13.6 Å². The van der Waals surface area contributed by atoms with Crippen LogP contribution in [0, 0.1) is 5.92 Å². The minimum absolute atomic E-state index is 0.0194. The number of likely N-dealkylation sites (tertiary alicyclic amines) is 1. The Bertz CT molecular complexity index is 832. The summed E-state index contributed by atoms with van der Waals surface area (Å²) in [5, 5.41) is 0. The van der Waals surface area contributed by atoms with Gasteiger partial charge < -0.3 is 14.4 Å². The monoisotopic (exact) mass is 418 g/mol. The van der Waals surface area contributed by atoms with Crippen molar-refractivity contribution in [2.24, 2.45) is 5.92 Å². The molecule has 1 unspecified atom stereocenters. The molecule has 0 saturated carbocycles. The number of nitrogens with zero attached hydrogens (tertiary/aromatic N) is 2. The number of hydrogen-bond acceptors (Lipinski definition) is 4. The fourth-order valence-corrected chi connectivity index (χ4v) is 3.91. The molecule has 1 fully saturated rings. The lowest BCUT2D eigenvalue weighted by molar-refractivity contribution is -0.136. The fourth-order valence-electron chi connectivity index (χ4n) is 3.91. The summed E-state index contributed by atoms with van der Waals surface area (Å²) in [6, 6.07) is 15.0. The number of alkyl halides is 2. The van der Waals surface area contributed by atoms with E-state index in [0.717, 1.165) is 38.0 Å². The van der Waals surface area contributed by atoms with E-state index in [1.165, 1.54) is 18.7 Å². The number of carbonyl (C=O) groups excluding carboxylic acids is 1. The molecule has 162 valence electrons. The highest BCUT2D eigenvalue weighted by molar-refractivity contribution is 5.79. The Hall–Kier alpha value is -2.67. The highest BCUT2D eigenvalue weighted by Gasteiger charge is 2.28. The summed E-state index contributed by atoms with van der Waals surface area (Å²) in [5.74, 6) is 0.254. The second-order valence-electron chi connectivity index (χ2n) is 7.62. The number of ether oxygens (including phenoxy) is 2. The quantitative estimate of drug-likeness (QED) is 0.645. The summed E-state index contributed by atoms with van der Waals surface area (Å²) in [4.78, 5) is 17.0. The maximum Gasteiger partial charge on any atom is 0.387 e. The normalized spacial score (nSPS) is 17.0. The lowest BCUT2D eigenvalue weighted by Gasteiger charge is -2.34. The highest BCUT2D eigenvalue weighted by Crippen LogP contribution is 2.30. The first-order chi connectivity index (χ1) is 14.5. The molecule has 5 nitrogen and oxygen atoms in total. The number of benzene rings is 2. The SMILES string of the molecule is COc1cc(CN(C)C(=O)C2CCCN(Cc3ccccc3)C2)ccc1OC(F)F. The maximum atomic E-state index is 13.0. The van der Waals surface area contributed by atoms with Gasteiger partial charge in [0.1, 0.15) is 0 Å². The molecule has 0 bridgehead atoms. The van der Waals surface area contributed by atoms with Crippen LogP contribution in [0.5, 0.6) is 11.5 Å². The zero-order valence-corrected chi connectivity index (χ0v) is 17.4. The van der Waals surface area contributed by atoms with Gasteiger partial charge in [0.2, 0.25) is 5.91 Å². The number of hydrogen-bond donors (Lipinski definition) is 0. The highest BCUT2D eigenvalue weighted by atomic mass is 19.3. The van der Waals surface area contributed by atoms with E-state index >= 15 is 0 Å². The molecule has 3 rings (SSSR count). The summed E-state index contributed by atoms with van der Waals surface area (Å²) < 4.78 is 34.6. The van der Waals surface area contributed by atoms with Gasteiger partial charge in [0.05, 0.1) is 13.0 Å². The van der Waals surface area contributed by atoms with E-state index < -0.39 is 6.61 Å². The molecule has 0 aliphatic carbocycles. The topological polar surface area (TPSA) is 42.0 Å². The van der Waals surface area contributed by atoms with Crippen molar-refractivity contribution in [3.8, 4) is 11.5 Å². The first-order valence-electron chi connectivity index (χ1n) is 10.1. The van der Waals surface area contributed by atoms with E-state index in [1.807, 2.05) is 18.2 Å². The van der Waals surface area contributed by atoms with Crippen LogP contribution in [0.1, 0.15) is 24.0 Å². The van der Waals surface area contributed by atoms with Crippen molar-refractivity contribution < 1.29 is 23.0 Å². The molecule has 0 N–H and O–H groups in total. The Morgan fingerprint density at radius 1 is 1.17 bits per heavy atom. The van der Waals surface area contributed by atoms with Crippen molar-refractivity contribution in [3.05, 3.63) is 59.7 Å². The van der Waals surface area contributed by atoms with E-state index in [4.69, 9.17) is 4.74 Å². The van der Waals surface area contributed by atoms with Crippen molar-refractivity contribution in [2.45, 2.75) is 32.5 Å². The lowest BCUT2D eigenvalue weighted by atomic mass is 9.96. The zero-order valence-electron chi connectivity index (χ0n) is 17.4. The fraction of sp³-hybridized carbons (Fsp3) is 0.435. The summed E-state index contributed by atoms with van der Waals surface area (Å²) in [7, 11) is 3.17. The van der Waals surface area contributed by atoms with Crippen molar-refractivity contribution in [3.63, 3.8) is 0 Å². The Balaban J connectivity index is 1.59. The van der Waals surface area contributed by atoms with Gasteiger partial charge in [0.15, 0.2) is 11.5 Å². The van der Waals surface area contributed by atoms with Gasteiger partial charge in [0.25, 0.3) is 0 Å². The van der Waals surface area contributed by atoms with Crippen LogP contribution >= 0.6 is 0 Å². The standard InChI is InChI=1S/C23H28F2N2O3/c1-26(14-18-10-11-20(30-23(24)25)21(13-18)29-2)22(28)19-9-6-12-27(16-19)15-17-7-4-3-5-8-17/h3-5,7-8,10-11,13,19,23H,6,9,12,14-16H2,1-2H3. The molecule has 1 heterocycles. The predicted octanol–water partition coefficient (Wildman–Crippen LogP) is 4.17. The summed E-state index contributed by atoms with van der Waals surface area (Å²) in [5.41, 5.74) is 2.04. The molecule has 1 aliphatic heterocycles. The van der Waals surface area contributed by atoms with E-state index in [0.29, 0.717) is 6.54 Å². The second kappa shape index (κ2) is 10.4. The van der Waals surface area contributed by atoms with E-state index in [2.05, 4.69) is 21.8 Å². The third-order valence-electron chi connectivity index (χ3n) is 5.34. The van der Waals surface area contributed by atoms with Crippen LogP contribution in [0.4, 0.5) is 8.78 Å². The molecule has 7 heteroatoms. The maximum absolute atomic E-state index is 13.0. The number of halogens is 2. The number of amides is 1. The molecule has 1 aliphatic rings. The van der Waals surface area contributed by atoms with Crippen LogP contribution in [0.2, 0.25) is 0 Å². The Kier molecular flexibility index (Phi) is 7.63. The van der Waals surface area contributed by atoms with Gasteiger partial charge in [0, 0.05) is 26.7 Å². The summed E-state index contributed by atoms with van der Waals surface area (Å²) in [6.07, 6.45) is 1.86. The van der Waals surface area contributed by atoms with Crippen molar-refractivity contribution in [2.75, 3.05) is 27.2 Å². The molecule has 0 spiro atoms. The third-order valence-corrected chi connectivity index (χ3v) is 5.34. The molecular weight excluding hydrogens is 390 g/mol. The van der Waals surface area contributed by atoms with Gasteiger partial charge in [-0.2, -0.15) is 8.78 Å². The Morgan fingerprint density at radius 3 is 2.63 bits per heavy atom. The second-order valence-corrected chi connectivity index (χ2v) is 7.62. The van der Waals surface area contributed by atoms with Gasteiger partial charge >= 0.3 is 6.61 Å². The first kappa shape index (κ1) is 22.0. The van der Waals surface area contributed by atoms with Crippen LogP contribution in [-0.4, -0.2) is 49.6 Å². The van der Waals surface area contributed by atoms with E-state index in [1.54, 1.807) is 24.1 Å². The van der Waals surface area contributed by atoms with Gasteiger partial charge in [-0.05, 0) is 42.6 Å². The zero-order chi connectivity index (χ0) is 21.5. The smallest absolute Gasteiger partial charge is 0.387 e. The Labute approximate surface area is 176 Å². The molecule has 1 atom stereocenters. The molecule has 30 heavy (non-hydrogen) atoms. The van der Waals surface area contributed by atoms with Crippen molar-refractivity contribution >= 4 is 5.91 Å². The predicted molar refractivity (Wildman–Crippen MR) is 111 cm³/mol. The largest absolute Gasteiger partial charge is 0.493 e. The molecule has 0 radical (unpaired) electrons.